The van der Waals surface area contributed by atoms with Gasteiger partial charge < -0.3 is 19.9 Å². The summed E-state index contributed by atoms with van der Waals surface area (Å²) in [5.74, 6) is -1.68. The summed E-state index contributed by atoms with van der Waals surface area (Å²) in [6, 6.07) is 4.68. The molecule has 1 aliphatic rings. The zero-order valence-corrected chi connectivity index (χ0v) is 11.5. The number of aliphatic carboxylic acids is 2. The van der Waals surface area contributed by atoms with Gasteiger partial charge in [0.05, 0.1) is 12.8 Å². The van der Waals surface area contributed by atoms with Crippen LogP contribution in [0.3, 0.4) is 0 Å². The van der Waals surface area contributed by atoms with Gasteiger partial charge in [0.1, 0.15) is 5.76 Å². The first-order chi connectivity index (χ1) is 9.49. The fourth-order valence-electron chi connectivity index (χ4n) is 2.12. The standard InChI is InChI=1S/C12H19NO.C2H2O4/c1-10-4-6-11(7-5-10)13-9-12-3-2-8-14-12;3-1(4)2(5)6/h2-3,8,10-11,13H,4-7,9H2,1H3;(H,3,4)(H,5,6). The summed E-state index contributed by atoms with van der Waals surface area (Å²) in [5.41, 5.74) is 0. The van der Waals surface area contributed by atoms with E-state index in [1.54, 1.807) is 6.26 Å². The smallest absolute Gasteiger partial charge is 0.414 e. The molecule has 1 saturated carbocycles. The third-order valence-corrected chi connectivity index (χ3v) is 3.34. The average molecular weight is 283 g/mol. The molecule has 0 aliphatic heterocycles. The highest BCUT2D eigenvalue weighted by molar-refractivity contribution is 6.27. The fraction of sp³-hybridized carbons (Fsp3) is 0.571. The summed E-state index contributed by atoms with van der Waals surface area (Å²) >= 11 is 0. The highest BCUT2D eigenvalue weighted by Gasteiger charge is 2.17. The number of furan rings is 1. The van der Waals surface area contributed by atoms with Gasteiger partial charge in [0.15, 0.2) is 0 Å². The van der Waals surface area contributed by atoms with E-state index in [1.807, 2.05) is 12.1 Å². The second-order valence-electron chi connectivity index (χ2n) is 5.03. The predicted molar refractivity (Wildman–Crippen MR) is 72.2 cm³/mol. The van der Waals surface area contributed by atoms with Crippen LogP contribution < -0.4 is 5.32 Å². The van der Waals surface area contributed by atoms with Crippen LogP contribution in [0, 0.1) is 5.92 Å². The maximum absolute atomic E-state index is 9.10. The molecule has 1 heterocycles. The molecule has 1 aromatic rings. The Bertz CT molecular complexity index is 395. The average Bonchev–Trinajstić information content (AvgIpc) is 2.92. The molecule has 2 rings (SSSR count). The van der Waals surface area contributed by atoms with Gasteiger partial charge in [0, 0.05) is 6.04 Å². The normalized spacial score (nSPS) is 21.6. The van der Waals surface area contributed by atoms with Crippen molar-refractivity contribution in [3.8, 4) is 0 Å². The van der Waals surface area contributed by atoms with E-state index in [0.29, 0.717) is 6.04 Å². The summed E-state index contributed by atoms with van der Waals surface area (Å²) < 4.78 is 5.28. The Morgan fingerprint density at radius 3 is 2.30 bits per heavy atom. The van der Waals surface area contributed by atoms with Crippen molar-refractivity contribution in [1.29, 1.82) is 0 Å². The van der Waals surface area contributed by atoms with E-state index in [9.17, 15) is 0 Å². The molecule has 6 nitrogen and oxygen atoms in total. The number of carboxylic acids is 2. The van der Waals surface area contributed by atoms with E-state index in [2.05, 4.69) is 12.2 Å². The van der Waals surface area contributed by atoms with Crippen LogP contribution in [0.25, 0.3) is 0 Å². The summed E-state index contributed by atoms with van der Waals surface area (Å²) in [4.78, 5) is 18.2. The first kappa shape index (κ1) is 16.2. The summed E-state index contributed by atoms with van der Waals surface area (Å²) in [6.07, 6.45) is 7.12. The van der Waals surface area contributed by atoms with Crippen molar-refractivity contribution in [3.63, 3.8) is 0 Å². The second-order valence-corrected chi connectivity index (χ2v) is 5.03. The van der Waals surface area contributed by atoms with Crippen LogP contribution in [0.4, 0.5) is 0 Å². The topological polar surface area (TPSA) is 99.8 Å². The molecule has 20 heavy (non-hydrogen) atoms. The minimum absolute atomic E-state index is 0.705. The Morgan fingerprint density at radius 1 is 1.25 bits per heavy atom. The quantitative estimate of drug-likeness (QED) is 0.735. The van der Waals surface area contributed by atoms with Crippen molar-refractivity contribution in [2.24, 2.45) is 5.92 Å². The zero-order chi connectivity index (χ0) is 15.0. The van der Waals surface area contributed by atoms with Gasteiger partial charge in [-0.25, -0.2) is 9.59 Å². The number of hydrogen-bond acceptors (Lipinski definition) is 4. The van der Waals surface area contributed by atoms with Crippen molar-refractivity contribution in [2.75, 3.05) is 0 Å². The minimum Gasteiger partial charge on any atom is -0.473 e. The van der Waals surface area contributed by atoms with E-state index >= 15 is 0 Å². The Kier molecular flexibility index (Phi) is 6.79. The lowest BCUT2D eigenvalue weighted by Gasteiger charge is -2.26. The Morgan fingerprint density at radius 2 is 1.85 bits per heavy atom. The zero-order valence-electron chi connectivity index (χ0n) is 11.5. The lowest BCUT2D eigenvalue weighted by atomic mass is 9.87. The molecule has 0 saturated heterocycles. The molecule has 0 spiro atoms. The van der Waals surface area contributed by atoms with Crippen LogP contribution >= 0.6 is 0 Å². The molecule has 112 valence electrons. The first-order valence-corrected chi connectivity index (χ1v) is 6.71. The summed E-state index contributed by atoms with van der Waals surface area (Å²) in [5, 5.41) is 18.3. The van der Waals surface area contributed by atoms with E-state index in [4.69, 9.17) is 24.2 Å². The van der Waals surface area contributed by atoms with Gasteiger partial charge in [-0.3, -0.25) is 0 Å². The van der Waals surface area contributed by atoms with E-state index in [0.717, 1.165) is 18.2 Å². The Balaban J connectivity index is 0.000000286. The predicted octanol–water partition coefficient (Wildman–Crippen LogP) is 2.10. The fourth-order valence-corrected chi connectivity index (χ4v) is 2.12. The molecule has 1 aliphatic carbocycles. The maximum atomic E-state index is 9.10. The van der Waals surface area contributed by atoms with Crippen LogP contribution in [0.5, 0.6) is 0 Å². The molecule has 0 amide bonds. The van der Waals surface area contributed by atoms with Gasteiger partial charge in [0.25, 0.3) is 0 Å². The van der Waals surface area contributed by atoms with E-state index in [-0.39, 0.29) is 0 Å². The number of rotatable bonds is 3. The van der Waals surface area contributed by atoms with Crippen molar-refractivity contribution >= 4 is 11.9 Å². The van der Waals surface area contributed by atoms with Gasteiger partial charge in [-0.05, 0) is 43.7 Å². The van der Waals surface area contributed by atoms with Crippen molar-refractivity contribution in [2.45, 2.75) is 45.2 Å². The number of hydrogen-bond donors (Lipinski definition) is 3. The van der Waals surface area contributed by atoms with Crippen molar-refractivity contribution in [1.82, 2.24) is 5.32 Å². The number of nitrogens with one attached hydrogen (secondary N) is 1. The number of carboxylic acid groups (broad SMARTS) is 2. The van der Waals surface area contributed by atoms with Gasteiger partial charge in [-0.15, -0.1) is 0 Å². The van der Waals surface area contributed by atoms with Crippen LogP contribution in [-0.4, -0.2) is 28.2 Å². The third-order valence-electron chi connectivity index (χ3n) is 3.34. The molecule has 0 atom stereocenters. The lowest BCUT2D eigenvalue weighted by Crippen LogP contribution is -2.32. The van der Waals surface area contributed by atoms with Gasteiger partial charge in [0.2, 0.25) is 0 Å². The summed E-state index contributed by atoms with van der Waals surface area (Å²) in [7, 11) is 0. The highest BCUT2D eigenvalue weighted by atomic mass is 16.4. The monoisotopic (exact) mass is 283 g/mol. The Hall–Kier alpha value is -1.82. The molecular formula is C14H21NO5. The number of carbonyl (C=O) groups is 2. The van der Waals surface area contributed by atoms with Crippen LogP contribution in [0.2, 0.25) is 0 Å². The van der Waals surface area contributed by atoms with Gasteiger partial charge in [-0.2, -0.15) is 0 Å². The molecule has 0 aromatic carbocycles. The molecule has 3 N–H and O–H groups in total. The molecule has 0 radical (unpaired) electrons. The van der Waals surface area contributed by atoms with E-state index in [1.165, 1.54) is 25.7 Å². The maximum Gasteiger partial charge on any atom is 0.414 e. The first-order valence-electron chi connectivity index (χ1n) is 6.71. The lowest BCUT2D eigenvalue weighted by molar-refractivity contribution is -0.159. The summed E-state index contributed by atoms with van der Waals surface area (Å²) in [6.45, 7) is 3.23. The van der Waals surface area contributed by atoms with Gasteiger partial charge >= 0.3 is 11.9 Å². The molecule has 6 heteroatoms. The largest absolute Gasteiger partial charge is 0.473 e. The van der Waals surface area contributed by atoms with Crippen molar-refractivity contribution in [3.05, 3.63) is 24.2 Å². The molecular weight excluding hydrogens is 262 g/mol. The third kappa shape index (κ3) is 6.38. The second kappa shape index (κ2) is 8.37. The Labute approximate surface area is 117 Å². The molecule has 0 bridgehead atoms. The van der Waals surface area contributed by atoms with E-state index < -0.39 is 11.9 Å². The molecule has 1 aromatic heterocycles. The molecule has 0 unspecified atom stereocenters. The SMILES string of the molecule is CC1CCC(NCc2ccco2)CC1.O=C(O)C(=O)O. The molecule has 1 fully saturated rings. The minimum atomic E-state index is -1.82. The van der Waals surface area contributed by atoms with Gasteiger partial charge in [-0.1, -0.05) is 6.92 Å². The van der Waals surface area contributed by atoms with Crippen LogP contribution in [0.15, 0.2) is 22.8 Å². The van der Waals surface area contributed by atoms with Crippen LogP contribution in [-0.2, 0) is 16.1 Å². The highest BCUT2D eigenvalue weighted by Crippen LogP contribution is 2.23. The van der Waals surface area contributed by atoms with Crippen LogP contribution in [0.1, 0.15) is 38.4 Å². The van der Waals surface area contributed by atoms with Crippen molar-refractivity contribution < 1.29 is 24.2 Å².